The minimum Gasteiger partial charge on any atom is -0.479 e. The van der Waals surface area contributed by atoms with Gasteiger partial charge < -0.3 is 5.11 Å². The SMILES string of the molecule is Cc1cnn(C2(C(=O)O)CCN(Cc3ccc(-c4ccccn4)cc3)CC2)c1. The Labute approximate surface area is 164 Å². The van der Waals surface area contributed by atoms with Crippen LogP contribution in [0.3, 0.4) is 0 Å². The molecule has 1 N–H and O–H groups in total. The summed E-state index contributed by atoms with van der Waals surface area (Å²) in [6.45, 7) is 4.21. The van der Waals surface area contributed by atoms with Crippen LogP contribution >= 0.6 is 0 Å². The molecule has 6 heteroatoms. The van der Waals surface area contributed by atoms with E-state index in [0.29, 0.717) is 12.8 Å². The lowest BCUT2D eigenvalue weighted by atomic mass is 9.87. The van der Waals surface area contributed by atoms with E-state index in [1.54, 1.807) is 17.1 Å². The summed E-state index contributed by atoms with van der Waals surface area (Å²) in [6.07, 6.45) is 6.46. The molecule has 0 bridgehead atoms. The molecule has 1 saturated heterocycles. The van der Waals surface area contributed by atoms with Crippen molar-refractivity contribution in [2.45, 2.75) is 31.8 Å². The van der Waals surface area contributed by atoms with E-state index in [1.807, 2.05) is 31.3 Å². The topological polar surface area (TPSA) is 71.2 Å². The van der Waals surface area contributed by atoms with Gasteiger partial charge in [-0.1, -0.05) is 30.3 Å². The second kappa shape index (κ2) is 7.56. The highest BCUT2D eigenvalue weighted by Gasteiger charge is 2.44. The van der Waals surface area contributed by atoms with Gasteiger partial charge in [-0.15, -0.1) is 0 Å². The molecule has 0 saturated carbocycles. The number of piperidine rings is 1. The standard InChI is InChI=1S/C22H24N4O2/c1-17-14-24-26(15-17)22(21(27)28)9-12-25(13-10-22)16-18-5-7-19(8-6-18)20-4-2-3-11-23-20/h2-8,11,14-15H,9-10,12-13,16H2,1H3,(H,27,28). The van der Waals surface area contributed by atoms with Crippen LogP contribution in [0.2, 0.25) is 0 Å². The van der Waals surface area contributed by atoms with Gasteiger partial charge >= 0.3 is 5.97 Å². The zero-order valence-electron chi connectivity index (χ0n) is 16.0. The molecular weight excluding hydrogens is 352 g/mol. The number of hydrogen-bond acceptors (Lipinski definition) is 4. The van der Waals surface area contributed by atoms with Crippen molar-refractivity contribution in [3.63, 3.8) is 0 Å². The molecule has 3 aromatic rings. The second-order valence-corrected chi connectivity index (χ2v) is 7.49. The van der Waals surface area contributed by atoms with Crippen LogP contribution in [0.5, 0.6) is 0 Å². The predicted octanol–water partition coefficient (Wildman–Crippen LogP) is 3.33. The summed E-state index contributed by atoms with van der Waals surface area (Å²) >= 11 is 0. The quantitative estimate of drug-likeness (QED) is 0.740. The molecule has 28 heavy (non-hydrogen) atoms. The van der Waals surface area contributed by atoms with E-state index >= 15 is 0 Å². The Morgan fingerprint density at radius 2 is 1.89 bits per heavy atom. The van der Waals surface area contributed by atoms with Crippen molar-refractivity contribution in [3.05, 3.63) is 72.2 Å². The van der Waals surface area contributed by atoms with Gasteiger partial charge in [0.15, 0.2) is 5.54 Å². The van der Waals surface area contributed by atoms with Gasteiger partial charge in [0, 0.05) is 37.6 Å². The lowest BCUT2D eigenvalue weighted by molar-refractivity contribution is -0.151. The van der Waals surface area contributed by atoms with Gasteiger partial charge in [0.1, 0.15) is 0 Å². The maximum atomic E-state index is 12.0. The van der Waals surface area contributed by atoms with Crippen LogP contribution in [0.1, 0.15) is 24.0 Å². The maximum Gasteiger partial charge on any atom is 0.331 e. The summed E-state index contributed by atoms with van der Waals surface area (Å²) in [5.74, 6) is -0.796. The molecule has 0 amide bonds. The predicted molar refractivity (Wildman–Crippen MR) is 107 cm³/mol. The fourth-order valence-corrected chi connectivity index (χ4v) is 3.84. The Hall–Kier alpha value is -2.99. The third-order valence-electron chi connectivity index (χ3n) is 5.55. The van der Waals surface area contributed by atoms with Gasteiger partial charge in [-0.05, 0) is 43.0 Å². The van der Waals surface area contributed by atoms with Crippen molar-refractivity contribution in [3.8, 4) is 11.3 Å². The monoisotopic (exact) mass is 376 g/mol. The zero-order valence-corrected chi connectivity index (χ0v) is 16.0. The highest BCUT2D eigenvalue weighted by atomic mass is 16.4. The average molecular weight is 376 g/mol. The van der Waals surface area contributed by atoms with Crippen molar-refractivity contribution in [1.29, 1.82) is 0 Å². The summed E-state index contributed by atoms with van der Waals surface area (Å²) < 4.78 is 1.64. The molecule has 1 aliphatic rings. The summed E-state index contributed by atoms with van der Waals surface area (Å²) in [5, 5.41) is 14.2. The molecule has 0 spiro atoms. The van der Waals surface area contributed by atoms with E-state index in [4.69, 9.17) is 0 Å². The first-order chi connectivity index (χ1) is 13.6. The number of aliphatic carboxylic acids is 1. The van der Waals surface area contributed by atoms with Gasteiger partial charge in [-0.25, -0.2) is 4.79 Å². The van der Waals surface area contributed by atoms with Gasteiger partial charge in [-0.3, -0.25) is 14.6 Å². The van der Waals surface area contributed by atoms with Crippen LogP contribution in [0.4, 0.5) is 0 Å². The van der Waals surface area contributed by atoms with Crippen molar-refractivity contribution in [2.24, 2.45) is 0 Å². The number of aromatic nitrogens is 3. The molecule has 0 radical (unpaired) electrons. The molecule has 1 fully saturated rings. The van der Waals surface area contributed by atoms with E-state index in [1.165, 1.54) is 5.56 Å². The van der Waals surface area contributed by atoms with Gasteiger partial charge in [0.25, 0.3) is 0 Å². The number of carboxylic acids is 1. The smallest absolute Gasteiger partial charge is 0.331 e. The number of carboxylic acid groups (broad SMARTS) is 1. The lowest BCUT2D eigenvalue weighted by Gasteiger charge is -2.39. The molecule has 0 unspecified atom stereocenters. The van der Waals surface area contributed by atoms with Crippen molar-refractivity contribution >= 4 is 5.97 Å². The first-order valence-corrected chi connectivity index (χ1v) is 9.55. The summed E-state index contributed by atoms with van der Waals surface area (Å²) in [5.41, 5.74) is 3.33. The number of benzene rings is 1. The highest BCUT2D eigenvalue weighted by molar-refractivity contribution is 5.76. The van der Waals surface area contributed by atoms with Crippen LogP contribution in [0.15, 0.2) is 61.1 Å². The Kier molecular flexibility index (Phi) is 4.96. The number of aryl methyl sites for hydroxylation is 1. The molecule has 3 heterocycles. The van der Waals surface area contributed by atoms with E-state index in [9.17, 15) is 9.90 Å². The molecule has 6 nitrogen and oxygen atoms in total. The fraction of sp³-hybridized carbons (Fsp3) is 0.318. The first kappa shape index (κ1) is 18.4. The van der Waals surface area contributed by atoms with Crippen LogP contribution in [0, 0.1) is 6.92 Å². The summed E-state index contributed by atoms with van der Waals surface area (Å²) in [4.78, 5) is 18.7. The molecule has 2 aromatic heterocycles. The summed E-state index contributed by atoms with van der Waals surface area (Å²) in [7, 11) is 0. The van der Waals surface area contributed by atoms with Gasteiger partial charge in [0.05, 0.1) is 11.9 Å². The fourth-order valence-electron chi connectivity index (χ4n) is 3.84. The Morgan fingerprint density at radius 1 is 1.14 bits per heavy atom. The van der Waals surface area contributed by atoms with Crippen molar-refractivity contribution in [2.75, 3.05) is 13.1 Å². The van der Waals surface area contributed by atoms with E-state index in [-0.39, 0.29) is 0 Å². The van der Waals surface area contributed by atoms with Gasteiger partial charge in [0.2, 0.25) is 0 Å². The molecule has 1 aliphatic heterocycles. The number of pyridine rings is 1. The van der Waals surface area contributed by atoms with E-state index in [2.05, 4.69) is 39.2 Å². The number of nitrogens with zero attached hydrogens (tertiary/aromatic N) is 4. The number of carbonyl (C=O) groups is 1. The Bertz CT molecular complexity index is 942. The highest BCUT2D eigenvalue weighted by Crippen LogP contribution is 2.31. The van der Waals surface area contributed by atoms with E-state index < -0.39 is 11.5 Å². The minimum atomic E-state index is -0.937. The largest absolute Gasteiger partial charge is 0.479 e. The molecular formula is C22H24N4O2. The summed E-state index contributed by atoms with van der Waals surface area (Å²) in [6, 6.07) is 14.3. The molecule has 4 rings (SSSR count). The molecule has 0 aliphatic carbocycles. The molecule has 1 aromatic carbocycles. The lowest BCUT2D eigenvalue weighted by Crippen LogP contribution is -2.51. The molecule has 144 valence electrons. The van der Waals surface area contributed by atoms with Crippen molar-refractivity contribution < 1.29 is 9.90 Å². The number of rotatable bonds is 5. The Balaban J connectivity index is 1.42. The van der Waals surface area contributed by atoms with Crippen LogP contribution in [-0.2, 0) is 16.9 Å². The third-order valence-corrected chi connectivity index (χ3v) is 5.55. The average Bonchev–Trinajstić information content (AvgIpc) is 3.16. The van der Waals surface area contributed by atoms with Crippen LogP contribution < -0.4 is 0 Å². The van der Waals surface area contributed by atoms with Crippen molar-refractivity contribution in [1.82, 2.24) is 19.7 Å². The third kappa shape index (κ3) is 3.55. The van der Waals surface area contributed by atoms with E-state index in [0.717, 1.165) is 36.5 Å². The first-order valence-electron chi connectivity index (χ1n) is 9.55. The molecule has 0 atom stereocenters. The number of likely N-dealkylation sites (tertiary alicyclic amines) is 1. The normalized spacial score (nSPS) is 16.8. The Morgan fingerprint density at radius 3 is 2.46 bits per heavy atom. The van der Waals surface area contributed by atoms with Crippen LogP contribution in [-0.4, -0.2) is 43.8 Å². The number of hydrogen-bond donors (Lipinski definition) is 1. The zero-order chi connectivity index (χ0) is 19.6. The second-order valence-electron chi connectivity index (χ2n) is 7.49. The minimum absolute atomic E-state index is 0.551. The maximum absolute atomic E-state index is 12.0. The van der Waals surface area contributed by atoms with Crippen LogP contribution in [0.25, 0.3) is 11.3 Å². The van der Waals surface area contributed by atoms with Gasteiger partial charge in [-0.2, -0.15) is 5.10 Å².